The molecule has 368 valence electrons. The molecule has 2 aromatic carbocycles. The highest BCUT2D eigenvalue weighted by atomic mass is 16.5. The Bertz CT molecular complexity index is 2590. The molecule has 3 fully saturated rings. The fraction of sp³-hybridized carbons (Fsp3) is 0.537. The number of carbonyl (C=O) groups excluding carboxylic acids is 4. The zero-order chi connectivity index (χ0) is 49.0. The third-order valence-corrected chi connectivity index (χ3v) is 14.2. The Kier molecular flexibility index (Phi) is 15.6. The van der Waals surface area contributed by atoms with Crippen molar-refractivity contribution in [2.75, 3.05) is 66.8 Å². The van der Waals surface area contributed by atoms with Crippen LogP contribution in [0.3, 0.4) is 0 Å². The summed E-state index contributed by atoms with van der Waals surface area (Å²) in [6.07, 6.45) is 3.21. The minimum atomic E-state index is -0.962. The van der Waals surface area contributed by atoms with Crippen LogP contribution in [0.2, 0.25) is 0 Å². The van der Waals surface area contributed by atoms with E-state index in [-0.39, 0.29) is 61.5 Å². The predicted molar refractivity (Wildman–Crippen MR) is 263 cm³/mol. The molecule has 0 radical (unpaired) electrons. The number of aromatic nitrogens is 2. The van der Waals surface area contributed by atoms with E-state index >= 15 is 0 Å². The van der Waals surface area contributed by atoms with Crippen LogP contribution in [0, 0.1) is 29.1 Å². The second kappa shape index (κ2) is 21.6. The highest BCUT2D eigenvalue weighted by molar-refractivity contribution is 5.96. The number of ether oxygens (including phenoxy) is 4. The van der Waals surface area contributed by atoms with Crippen LogP contribution < -0.4 is 10.7 Å². The maximum Gasteiger partial charge on any atom is 0.324 e. The molecule has 3 amide bonds. The van der Waals surface area contributed by atoms with Gasteiger partial charge in [0, 0.05) is 74.3 Å². The Morgan fingerprint density at radius 2 is 1.84 bits per heavy atom. The SMILES string of the molecule is CCn1c(-c2cccnc2[C@H](C)OC)c2c3cc(ccc31)-c1cccc(c1)C[C@H](NC(=O)[C@@H](COC1CN(C(=O)C#CC3COCCN3C)C1)C(C)C)C(=O)N1CCC[C@H](N1)C(=O)OCC(C)(C)C2. The third kappa shape index (κ3) is 11.2. The van der Waals surface area contributed by atoms with Crippen LogP contribution in [0.15, 0.2) is 60.8 Å². The zero-order valence-corrected chi connectivity index (χ0v) is 41.5. The van der Waals surface area contributed by atoms with E-state index in [1.54, 1.807) is 18.2 Å². The maximum absolute atomic E-state index is 14.7. The third-order valence-electron chi connectivity index (χ3n) is 14.2. The molecular formula is C54H69N7O8. The second-order valence-electron chi connectivity index (χ2n) is 20.2. The van der Waals surface area contributed by atoms with Gasteiger partial charge in [-0.3, -0.25) is 34.1 Å². The summed E-state index contributed by atoms with van der Waals surface area (Å²) in [7, 11) is 3.67. The second-order valence-corrected chi connectivity index (χ2v) is 20.2. The van der Waals surface area contributed by atoms with E-state index in [0.717, 1.165) is 56.7 Å². The number of carbonyl (C=O) groups is 4. The largest absolute Gasteiger partial charge is 0.464 e. The smallest absolute Gasteiger partial charge is 0.324 e. The monoisotopic (exact) mass is 944 g/mol. The molecule has 1 unspecified atom stereocenters. The summed E-state index contributed by atoms with van der Waals surface area (Å²) in [5.41, 5.74) is 10.7. The fourth-order valence-corrected chi connectivity index (χ4v) is 9.85. The summed E-state index contributed by atoms with van der Waals surface area (Å²) < 4.78 is 26.1. The van der Waals surface area contributed by atoms with Crippen LogP contribution in [-0.4, -0.2) is 139 Å². The van der Waals surface area contributed by atoms with Crippen molar-refractivity contribution in [1.29, 1.82) is 0 Å². The van der Waals surface area contributed by atoms with Gasteiger partial charge in [0.2, 0.25) is 5.91 Å². The Balaban J connectivity index is 1.08. The molecule has 4 aliphatic rings. The van der Waals surface area contributed by atoms with Gasteiger partial charge in [0.15, 0.2) is 0 Å². The number of nitrogens with one attached hydrogen (secondary N) is 2. The van der Waals surface area contributed by atoms with Gasteiger partial charge in [0.05, 0.1) is 62.0 Å². The lowest BCUT2D eigenvalue weighted by atomic mass is 9.84. The summed E-state index contributed by atoms with van der Waals surface area (Å²) in [6, 6.07) is 17.0. The molecule has 15 nitrogen and oxygen atoms in total. The van der Waals surface area contributed by atoms with Crippen molar-refractivity contribution >= 4 is 34.6 Å². The number of esters is 1. The number of hydrogen-bond acceptors (Lipinski definition) is 11. The number of nitrogens with zero attached hydrogens (tertiary/aromatic N) is 5. The van der Waals surface area contributed by atoms with Crippen molar-refractivity contribution in [1.82, 2.24) is 35.1 Å². The number of fused-ring (bicyclic) bond motifs is 6. The maximum atomic E-state index is 14.7. The van der Waals surface area contributed by atoms with E-state index < -0.39 is 29.4 Å². The van der Waals surface area contributed by atoms with Crippen molar-refractivity contribution in [3.8, 4) is 34.2 Å². The number of aryl methyl sites for hydroxylation is 1. The van der Waals surface area contributed by atoms with Gasteiger partial charge in [0.1, 0.15) is 12.1 Å². The molecular weight excluding hydrogens is 875 g/mol. The first kappa shape index (κ1) is 49.8. The number of hydrogen-bond donors (Lipinski definition) is 2. The molecule has 6 bridgehead atoms. The van der Waals surface area contributed by atoms with Crippen molar-refractivity contribution in [2.24, 2.45) is 17.3 Å². The lowest BCUT2D eigenvalue weighted by Gasteiger charge is -2.38. The van der Waals surface area contributed by atoms with Crippen molar-refractivity contribution in [3.05, 3.63) is 77.6 Å². The number of pyridine rings is 1. The number of hydrazine groups is 1. The first-order valence-corrected chi connectivity index (χ1v) is 24.6. The molecule has 0 aliphatic carbocycles. The average molecular weight is 944 g/mol. The number of amides is 3. The molecule has 6 heterocycles. The van der Waals surface area contributed by atoms with E-state index in [1.165, 1.54) is 5.01 Å². The van der Waals surface area contributed by atoms with Crippen LogP contribution in [0.4, 0.5) is 0 Å². The normalized spacial score (nSPS) is 22.2. The number of cyclic esters (lactones) is 1. The number of likely N-dealkylation sites (tertiary alicyclic amines) is 1. The molecule has 2 aromatic heterocycles. The van der Waals surface area contributed by atoms with E-state index in [4.69, 9.17) is 23.9 Å². The van der Waals surface area contributed by atoms with Gasteiger partial charge in [-0.15, -0.1) is 0 Å². The predicted octanol–water partition coefficient (Wildman–Crippen LogP) is 5.58. The Morgan fingerprint density at radius 1 is 1.04 bits per heavy atom. The molecule has 15 heteroatoms. The number of morpholine rings is 1. The molecule has 8 rings (SSSR count). The zero-order valence-electron chi connectivity index (χ0n) is 41.5. The summed E-state index contributed by atoms with van der Waals surface area (Å²) in [5.74, 6) is 3.78. The highest BCUT2D eigenvalue weighted by Crippen LogP contribution is 2.42. The van der Waals surface area contributed by atoms with Gasteiger partial charge >= 0.3 is 5.97 Å². The molecule has 2 N–H and O–H groups in total. The fourth-order valence-electron chi connectivity index (χ4n) is 9.85. The number of likely N-dealkylation sites (N-methyl/N-ethyl adjacent to an activating group) is 1. The van der Waals surface area contributed by atoms with E-state index in [1.807, 2.05) is 46.0 Å². The Morgan fingerprint density at radius 3 is 2.59 bits per heavy atom. The van der Waals surface area contributed by atoms with Crippen LogP contribution >= 0.6 is 0 Å². The van der Waals surface area contributed by atoms with Crippen molar-refractivity contribution < 1.29 is 38.1 Å². The van der Waals surface area contributed by atoms with Gasteiger partial charge in [-0.05, 0) is 98.5 Å². The van der Waals surface area contributed by atoms with E-state index in [0.29, 0.717) is 58.7 Å². The first-order valence-electron chi connectivity index (χ1n) is 24.6. The standard InChI is InChI=1S/C54H69N7O8/c1-9-60-47-19-17-38-27-42(47)43(50(60)41-15-11-21-55-49(41)35(4)66-8)28-54(5,6)33-69-53(65)45-16-12-22-61(57-45)52(64)46(26-36-13-10-14-37(38)25-36)56-51(63)44(34(2)3)32-68-40-29-59(30-40)48(62)20-18-39-31-67-24-23-58(39)7/h10-11,13-15,17,19,21,25,27,34-35,39-40,44-46,57H,9,12,16,22-24,26,28-33H2,1-8H3,(H,56,63)/t35-,39?,44-,45-,46-/m0/s1. The van der Waals surface area contributed by atoms with Gasteiger partial charge in [-0.25, -0.2) is 5.43 Å². The highest BCUT2D eigenvalue weighted by Gasteiger charge is 2.38. The summed E-state index contributed by atoms with van der Waals surface area (Å²) in [4.78, 5) is 64.4. The molecule has 0 saturated carbocycles. The van der Waals surface area contributed by atoms with E-state index in [2.05, 4.69) is 89.2 Å². The van der Waals surface area contributed by atoms with Gasteiger partial charge in [0.25, 0.3) is 11.8 Å². The Hall–Kier alpha value is -5.63. The summed E-state index contributed by atoms with van der Waals surface area (Å²) in [6.45, 7) is 16.3. The van der Waals surface area contributed by atoms with Crippen LogP contribution in [0.25, 0.3) is 33.3 Å². The summed E-state index contributed by atoms with van der Waals surface area (Å²) >= 11 is 0. The number of rotatable bonds is 10. The quantitative estimate of drug-likeness (QED) is 0.151. The molecule has 3 saturated heterocycles. The van der Waals surface area contributed by atoms with Crippen LogP contribution in [0.1, 0.15) is 77.3 Å². The Labute approximate surface area is 406 Å². The minimum absolute atomic E-state index is 0.117. The van der Waals surface area contributed by atoms with Crippen LogP contribution in [0.5, 0.6) is 0 Å². The minimum Gasteiger partial charge on any atom is -0.464 e. The van der Waals surface area contributed by atoms with Crippen molar-refractivity contribution in [3.63, 3.8) is 0 Å². The van der Waals surface area contributed by atoms with Gasteiger partial charge < -0.3 is 33.7 Å². The first-order chi connectivity index (χ1) is 33.1. The van der Waals surface area contributed by atoms with Gasteiger partial charge in [-0.2, -0.15) is 0 Å². The topological polar surface area (TPSA) is 157 Å². The molecule has 5 atom stereocenters. The average Bonchev–Trinajstić information content (AvgIpc) is 3.63. The summed E-state index contributed by atoms with van der Waals surface area (Å²) in [5, 5.41) is 5.70. The van der Waals surface area contributed by atoms with Gasteiger partial charge in [-0.1, -0.05) is 63.9 Å². The van der Waals surface area contributed by atoms with Crippen molar-refractivity contribution in [2.45, 2.75) is 104 Å². The lowest BCUT2D eigenvalue weighted by Crippen LogP contribution is -2.61. The number of benzene rings is 2. The molecule has 4 aromatic rings. The van der Waals surface area contributed by atoms with E-state index in [9.17, 15) is 19.2 Å². The molecule has 4 aliphatic heterocycles. The van der Waals surface area contributed by atoms with Crippen LogP contribution in [-0.2, 0) is 57.5 Å². The molecule has 0 spiro atoms. The molecule has 69 heavy (non-hydrogen) atoms. The lowest BCUT2D eigenvalue weighted by molar-refractivity contribution is -0.155. The number of methoxy groups -OCH3 is 1.